The van der Waals surface area contributed by atoms with Gasteiger partial charge in [-0.05, 0) is 51.3 Å². The highest BCUT2D eigenvalue weighted by Gasteiger charge is 2.28. The number of aromatic nitrogens is 3. The molecule has 0 bridgehead atoms. The third-order valence-corrected chi connectivity index (χ3v) is 5.63. The number of carbonyl (C=O) groups is 4. The van der Waals surface area contributed by atoms with E-state index in [1.807, 2.05) is 0 Å². The number of piperidine rings is 1. The zero-order chi connectivity index (χ0) is 29.1. The van der Waals surface area contributed by atoms with Gasteiger partial charge in [-0.3, -0.25) is 10.1 Å². The summed E-state index contributed by atoms with van der Waals surface area (Å²) in [4.78, 5) is 58.4. The number of likely N-dealkylation sites (tertiary alicyclic amines) is 1. The van der Waals surface area contributed by atoms with Gasteiger partial charge in [0.2, 0.25) is 5.91 Å². The highest BCUT2D eigenvalue weighted by Crippen LogP contribution is 2.19. The summed E-state index contributed by atoms with van der Waals surface area (Å²) in [7, 11) is 0. The molecule has 3 amide bonds. The van der Waals surface area contributed by atoms with Gasteiger partial charge in [0.25, 0.3) is 0 Å². The average Bonchev–Trinajstić information content (AvgIpc) is 3.45. The minimum absolute atomic E-state index is 0.0123. The maximum Gasteiger partial charge on any atom is 0.419 e. The van der Waals surface area contributed by atoms with E-state index in [-0.39, 0.29) is 30.7 Å². The van der Waals surface area contributed by atoms with Crippen LogP contribution in [0.5, 0.6) is 0 Å². The molecule has 1 saturated heterocycles. The lowest BCUT2D eigenvalue weighted by Gasteiger charge is -2.30. The molecular formula is C26H34N6O8. The molecule has 1 aliphatic heterocycles. The second-order valence-corrected chi connectivity index (χ2v) is 9.90. The number of pyridine rings is 1. The number of aliphatic hydroxyl groups excluding tert-OH is 1. The zero-order valence-corrected chi connectivity index (χ0v) is 22.7. The van der Waals surface area contributed by atoms with Crippen LogP contribution in [-0.2, 0) is 25.5 Å². The van der Waals surface area contributed by atoms with Crippen LogP contribution in [0.25, 0.3) is 0 Å². The first-order chi connectivity index (χ1) is 19.0. The molecule has 0 aliphatic carbocycles. The minimum atomic E-state index is -0.714. The predicted octanol–water partition coefficient (Wildman–Crippen LogP) is 2.65. The summed E-state index contributed by atoms with van der Waals surface area (Å²) >= 11 is 0. The van der Waals surface area contributed by atoms with Crippen molar-refractivity contribution < 1.29 is 38.5 Å². The Kier molecular flexibility index (Phi) is 10.6. The quantitative estimate of drug-likeness (QED) is 0.323. The maximum absolute atomic E-state index is 12.7. The fourth-order valence-corrected chi connectivity index (χ4v) is 3.65. The molecule has 14 nitrogen and oxygen atoms in total. The molecule has 0 radical (unpaired) electrons. The molecule has 14 heteroatoms. The zero-order valence-electron chi connectivity index (χ0n) is 22.7. The summed E-state index contributed by atoms with van der Waals surface area (Å²) in [6.45, 7) is 5.38. The van der Waals surface area contributed by atoms with Gasteiger partial charge < -0.3 is 29.5 Å². The molecule has 1 aliphatic rings. The minimum Gasteiger partial charge on any atom is -0.444 e. The van der Waals surface area contributed by atoms with Crippen LogP contribution in [0.15, 0.2) is 48.9 Å². The molecular weight excluding hydrogens is 524 g/mol. The molecule has 1 fully saturated rings. The number of rotatable bonds is 8. The van der Waals surface area contributed by atoms with Crippen molar-refractivity contribution >= 4 is 30.0 Å². The largest absolute Gasteiger partial charge is 0.444 e. The summed E-state index contributed by atoms with van der Waals surface area (Å²) in [6, 6.07) is 3.36. The van der Waals surface area contributed by atoms with Crippen LogP contribution in [0.3, 0.4) is 0 Å². The van der Waals surface area contributed by atoms with E-state index in [1.54, 1.807) is 39.1 Å². The SMILES string of the molecule is CC(C)(C)OC(=O)Nc1ccc(CNC(=O)C2CCN(C(=O)OC(=CCO)COC(=O)n3ccnc3)CC2)cn1. The highest BCUT2D eigenvalue weighted by molar-refractivity contribution is 5.83. The molecule has 2 aromatic heterocycles. The van der Waals surface area contributed by atoms with Gasteiger partial charge in [-0.25, -0.2) is 28.9 Å². The Labute approximate surface area is 231 Å². The first kappa shape index (κ1) is 30.1. The second-order valence-electron chi connectivity index (χ2n) is 9.90. The van der Waals surface area contributed by atoms with E-state index in [2.05, 4.69) is 20.6 Å². The molecule has 0 unspecified atom stereocenters. The van der Waals surface area contributed by atoms with Crippen LogP contribution in [0.1, 0.15) is 39.2 Å². The Morgan fingerprint density at radius 2 is 1.90 bits per heavy atom. The van der Waals surface area contributed by atoms with E-state index in [1.165, 1.54) is 29.7 Å². The van der Waals surface area contributed by atoms with Gasteiger partial charge in [0.15, 0.2) is 6.61 Å². The van der Waals surface area contributed by atoms with Crippen molar-refractivity contribution in [2.24, 2.45) is 5.92 Å². The summed E-state index contributed by atoms with van der Waals surface area (Å²) in [5.41, 5.74) is 0.129. The van der Waals surface area contributed by atoms with E-state index in [4.69, 9.17) is 14.2 Å². The smallest absolute Gasteiger partial charge is 0.419 e. The maximum atomic E-state index is 12.7. The average molecular weight is 559 g/mol. The molecule has 0 saturated carbocycles. The third kappa shape index (κ3) is 9.69. The molecule has 0 aromatic carbocycles. The number of amides is 3. The Morgan fingerprint density at radius 1 is 1.15 bits per heavy atom. The molecule has 216 valence electrons. The first-order valence-electron chi connectivity index (χ1n) is 12.7. The predicted molar refractivity (Wildman–Crippen MR) is 141 cm³/mol. The van der Waals surface area contributed by atoms with Crippen molar-refractivity contribution in [3.63, 3.8) is 0 Å². The van der Waals surface area contributed by atoms with Crippen molar-refractivity contribution in [2.75, 3.05) is 31.6 Å². The molecule has 0 atom stereocenters. The lowest BCUT2D eigenvalue weighted by Crippen LogP contribution is -2.43. The summed E-state index contributed by atoms with van der Waals surface area (Å²) in [5, 5.41) is 14.6. The number of ether oxygens (including phenoxy) is 3. The van der Waals surface area contributed by atoms with Crippen molar-refractivity contribution in [3.8, 4) is 0 Å². The summed E-state index contributed by atoms with van der Waals surface area (Å²) < 4.78 is 16.7. The Balaban J connectivity index is 1.39. The Morgan fingerprint density at radius 3 is 2.50 bits per heavy atom. The number of hydrogen-bond donors (Lipinski definition) is 3. The molecule has 3 N–H and O–H groups in total. The van der Waals surface area contributed by atoms with Gasteiger partial charge in [-0.15, -0.1) is 0 Å². The Bertz CT molecular complexity index is 1180. The van der Waals surface area contributed by atoms with Gasteiger partial charge in [0.05, 0.1) is 6.61 Å². The Hall–Kier alpha value is -4.46. The standard InChI is InChI=1S/C26H34N6O8/c1-26(2,3)40-23(35)30-21-5-4-18(14-28-21)15-29-22(34)19-6-10-31(11-7-19)25(37)39-20(8-13-33)16-38-24(36)32-12-9-27-17-32/h4-5,8-9,12,14,17,19,33H,6-7,10-11,13,15-16H2,1-3H3,(H,29,34)(H,28,30,35). The second kappa shape index (κ2) is 14.1. The normalized spacial score (nSPS) is 14.3. The number of nitrogens with zero attached hydrogens (tertiary/aromatic N) is 4. The van der Waals surface area contributed by atoms with Crippen LogP contribution in [-0.4, -0.2) is 80.6 Å². The van der Waals surface area contributed by atoms with E-state index in [9.17, 15) is 24.3 Å². The molecule has 3 rings (SSSR count). The monoisotopic (exact) mass is 558 g/mol. The third-order valence-electron chi connectivity index (χ3n) is 5.63. The van der Waals surface area contributed by atoms with Crippen molar-refractivity contribution in [3.05, 3.63) is 54.4 Å². The number of anilines is 1. The van der Waals surface area contributed by atoms with Crippen LogP contribution >= 0.6 is 0 Å². The van der Waals surface area contributed by atoms with E-state index in [0.717, 1.165) is 10.1 Å². The summed E-state index contributed by atoms with van der Waals surface area (Å²) in [6.07, 6.45) is 5.76. The number of imidazole rings is 1. The van der Waals surface area contributed by atoms with Crippen LogP contribution in [0.4, 0.5) is 20.2 Å². The van der Waals surface area contributed by atoms with Crippen molar-refractivity contribution in [2.45, 2.75) is 45.8 Å². The van der Waals surface area contributed by atoms with Gasteiger partial charge in [-0.2, -0.15) is 0 Å². The van der Waals surface area contributed by atoms with Gasteiger partial charge in [-0.1, -0.05) is 6.07 Å². The van der Waals surface area contributed by atoms with Gasteiger partial charge >= 0.3 is 18.3 Å². The lowest BCUT2D eigenvalue weighted by molar-refractivity contribution is -0.126. The van der Waals surface area contributed by atoms with E-state index >= 15 is 0 Å². The topological polar surface area (TPSA) is 174 Å². The highest BCUT2D eigenvalue weighted by atomic mass is 16.6. The molecule has 0 spiro atoms. The fourth-order valence-electron chi connectivity index (χ4n) is 3.65. The summed E-state index contributed by atoms with van der Waals surface area (Å²) in [5.74, 6) is -0.108. The molecule has 40 heavy (non-hydrogen) atoms. The van der Waals surface area contributed by atoms with Crippen LogP contribution < -0.4 is 10.6 Å². The van der Waals surface area contributed by atoms with Crippen LogP contribution in [0.2, 0.25) is 0 Å². The van der Waals surface area contributed by atoms with Crippen molar-refractivity contribution in [1.29, 1.82) is 0 Å². The molecule has 2 aromatic rings. The first-order valence-corrected chi connectivity index (χ1v) is 12.7. The van der Waals surface area contributed by atoms with Gasteiger partial charge in [0.1, 0.15) is 23.5 Å². The molecule has 3 heterocycles. The van der Waals surface area contributed by atoms with E-state index in [0.29, 0.717) is 31.7 Å². The van der Waals surface area contributed by atoms with E-state index < -0.39 is 30.5 Å². The lowest BCUT2D eigenvalue weighted by atomic mass is 9.96. The van der Waals surface area contributed by atoms with Gasteiger partial charge in [0, 0.05) is 44.1 Å². The van der Waals surface area contributed by atoms with Crippen molar-refractivity contribution in [1.82, 2.24) is 24.8 Å². The number of hydrogen-bond acceptors (Lipinski definition) is 10. The number of nitrogens with one attached hydrogen (secondary N) is 2. The fraction of sp³-hybridized carbons (Fsp3) is 0.462. The van der Waals surface area contributed by atoms with Crippen LogP contribution in [0, 0.1) is 5.92 Å². The number of carbonyl (C=O) groups excluding carboxylic acids is 4. The number of aliphatic hydroxyl groups is 1.